The molecule has 1 amide bonds. The molecule has 0 atom stereocenters. The Morgan fingerprint density at radius 2 is 1.95 bits per heavy atom. The first-order chi connectivity index (χ1) is 10.1. The lowest BCUT2D eigenvalue weighted by Gasteiger charge is -2.34. The lowest BCUT2D eigenvalue weighted by molar-refractivity contribution is -0.156. The molecule has 6 nitrogen and oxygen atoms in total. The molecule has 6 heteroatoms. The van der Waals surface area contributed by atoms with E-state index in [1.807, 2.05) is 6.07 Å². The second-order valence-electron chi connectivity index (χ2n) is 5.60. The number of rotatable bonds is 8. The van der Waals surface area contributed by atoms with Gasteiger partial charge in [0.1, 0.15) is 0 Å². The van der Waals surface area contributed by atoms with E-state index >= 15 is 0 Å². The maximum atomic E-state index is 12.4. The quantitative estimate of drug-likeness (QED) is 0.737. The summed E-state index contributed by atoms with van der Waals surface area (Å²) in [5.41, 5.74) is -0.923. The van der Waals surface area contributed by atoms with E-state index in [2.05, 4.69) is 0 Å². The smallest absolute Gasteiger partial charge is 0.310 e. The molecule has 0 heterocycles. The predicted molar refractivity (Wildman–Crippen MR) is 76.5 cm³/mol. The van der Waals surface area contributed by atoms with Crippen LogP contribution < -0.4 is 0 Å². The maximum absolute atomic E-state index is 12.4. The van der Waals surface area contributed by atoms with Crippen LogP contribution in [0, 0.1) is 16.7 Å². The minimum Gasteiger partial charge on any atom is -0.481 e. The zero-order chi connectivity index (χ0) is 15.7. The normalized spacial score (nSPS) is 17.0. The number of methoxy groups -OCH3 is 1. The third kappa shape index (κ3) is 5.01. The van der Waals surface area contributed by atoms with E-state index in [4.69, 9.17) is 10.00 Å². The van der Waals surface area contributed by atoms with Crippen molar-refractivity contribution in [3.8, 4) is 6.07 Å². The molecule has 0 spiro atoms. The van der Waals surface area contributed by atoms with Crippen molar-refractivity contribution >= 4 is 11.9 Å². The highest BCUT2D eigenvalue weighted by Gasteiger charge is 2.42. The molecule has 1 aliphatic rings. The Morgan fingerprint density at radius 3 is 2.48 bits per heavy atom. The van der Waals surface area contributed by atoms with E-state index in [0.717, 1.165) is 19.3 Å². The van der Waals surface area contributed by atoms with Gasteiger partial charge in [-0.05, 0) is 12.8 Å². The maximum Gasteiger partial charge on any atom is 0.310 e. The zero-order valence-electron chi connectivity index (χ0n) is 12.6. The van der Waals surface area contributed by atoms with Gasteiger partial charge in [-0.2, -0.15) is 5.26 Å². The molecule has 0 aromatic heterocycles. The lowest BCUT2D eigenvalue weighted by atomic mass is 9.71. The molecule has 0 radical (unpaired) electrons. The lowest BCUT2D eigenvalue weighted by Crippen LogP contribution is -2.42. The Balaban J connectivity index is 2.72. The first-order valence-electron chi connectivity index (χ1n) is 7.43. The van der Waals surface area contributed by atoms with Crippen molar-refractivity contribution in [2.24, 2.45) is 5.41 Å². The van der Waals surface area contributed by atoms with Crippen LogP contribution in [0.15, 0.2) is 0 Å². The molecule has 0 aromatic carbocycles. The Hall–Kier alpha value is -1.61. The van der Waals surface area contributed by atoms with E-state index in [9.17, 15) is 14.7 Å². The van der Waals surface area contributed by atoms with Crippen molar-refractivity contribution in [3.63, 3.8) is 0 Å². The third-order valence-corrected chi connectivity index (χ3v) is 4.17. The van der Waals surface area contributed by atoms with E-state index in [-0.39, 0.29) is 18.7 Å². The number of hydrogen-bond acceptors (Lipinski definition) is 4. The number of ether oxygens (including phenoxy) is 1. The van der Waals surface area contributed by atoms with Gasteiger partial charge < -0.3 is 14.7 Å². The SMILES string of the molecule is COCCN(CCC#N)C(=O)CC1(C(=O)O)CCCCC1. The Bertz CT molecular complexity index is 397. The highest BCUT2D eigenvalue weighted by atomic mass is 16.5. The van der Waals surface area contributed by atoms with Crippen LogP contribution in [-0.2, 0) is 14.3 Å². The summed E-state index contributed by atoms with van der Waals surface area (Å²) in [5, 5.41) is 18.2. The van der Waals surface area contributed by atoms with Crippen LogP contribution in [0.5, 0.6) is 0 Å². The van der Waals surface area contributed by atoms with Crippen LogP contribution in [0.25, 0.3) is 0 Å². The van der Waals surface area contributed by atoms with E-state index in [0.29, 0.717) is 32.5 Å². The van der Waals surface area contributed by atoms with Crippen LogP contribution in [0.1, 0.15) is 44.9 Å². The molecule has 0 aromatic rings. The summed E-state index contributed by atoms with van der Waals surface area (Å²) in [6.45, 7) is 1.11. The van der Waals surface area contributed by atoms with Gasteiger partial charge in [-0.1, -0.05) is 19.3 Å². The second-order valence-corrected chi connectivity index (χ2v) is 5.60. The summed E-state index contributed by atoms with van der Waals surface area (Å²) in [4.78, 5) is 25.6. The van der Waals surface area contributed by atoms with E-state index < -0.39 is 11.4 Å². The molecule has 1 saturated carbocycles. The first kappa shape index (κ1) is 17.4. The van der Waals surface area contributed by atoms with Gasteiger partial charge in [0, 0.05) is 26.6 Å². The summed E-state index contributed by atoms with van der Waals surface area (Å²) >= 11 is 0. The van der Waals surface area contributed by atoms with Crippen molar-refractivity contribution < 1.29 is 19.4 Å². The molecule has 0 aliphatic heterocycles. The van der Waals surface area contributed by atoms with Crippen molar-refractivity contribution in [1.82, 2.24) is 4.90 Å². The highest BCUT2D eigenvalue weighted by Crippen LogP contribution is 2.40. The number of aliphatic carboxylic acids is 1. The molecular weight excluding hydrogens is 272 g/mol. The Labute approximate surface area is 125 Å². The third-order valence-electron chi connectivity index (χ3n) is 4.17. The van der Waals surface area contributed by atoms with Crippen LogP contribution >= 0.6 is 0 Å². The fourth-order valence-corrected chi connectivity index (χ4v) is 2.84. The van der Waals surface area contributed by atoms with Crippen molar-refractivity contribution in [1.29, 1.82) is 5.26 Å². The van der Waals surface area contributed by atoms with Crippen LogP contribution in [0.4, 0.5) is 0 Å². The van der Waals surface area contributed by atoms with Crippen molar-refractivity contribution in [2.75, 3.05) is 26.8 Å². The number of amides is 1. The van der Waals surface area contributed by atoms with Crippen LogP contribution in [0.3, 0.4) is 0 Å². The number of carbonyl (C=O) groups excluding carboxylic acids is 1. The molecular formula is C15H24N2O4. The number of carbonyl (C=O) groups is 2. The Morgan fingerprint density at radius 1 is 1.29 bits per heavy atom. The number of hydrogen-bond donors (Lipinski definition) is 1. The molecule has 0 unspecified atom stereocenters. The second kappa shape index (κ2) is 8.63. The van der Waals surface area contributed by atoms with Gasteiger partial charge >= 0.3 is 5.97 Å². The van der Waals surface area contributed by atoms with Gasteiger partial charge in [0.25, 0.3) is 0 Å². The van der Waals surface area contributed by atoms with Gasteiger partial charge in [0.15, 0.2) is 0 Å². The average Bonchev–Trinajstić information content (AvgIpc) is 2.48. The van der Waals surface area contributed by atoms with Gasteiger partial charge in [-0.25, -0.2) is 0 Å². The molecule has 1 aliphatic carbocycles. The van der Waals surface area contributed by atoms with Gasteiger partial charge in [0.05, 0.1) is 24.5 Å². The molecule has 1 N–H and O–H groups in total. The summed E-state index contributed by atoms with van der Waals surface area (Å²) in [6.07, 6.45) is 4.14. The highest BCUT2D eigenvalue weighted by molar-refractivity contribution is 5.85. The fourth-order valence-electron chi connectivity index (χ4n) is 2.84. The average molecular weight is 296 g/mol. The zero-order valence-corrected chi connectivity index (χ0v) is 12.6. The molecule has 21 heavy (non-hydrogen) atoms. The molecule has 0 bridgehead atoms. The van der Waals surface area contributed by atoms with Gasteiger partial charge in [-0.15, -0.1) is 0 Å². The molecule has 1 rings (SSSR count). The summed E-state index contributed by atoms with van der Waals surface area (Å²) < 4.78 is 4.97. The Kier molecular flexibility index (Phi) is 7.17. The van der Waals surface area contributed by atoms with E-state index in [1.165, 1.54) is 0 Å². The van der Waals surface area contributed by atoms with Crippen LogP contribution in [0.2, 0.25) is 0 Å². The molecule has 1 fully saturated rings. The summed E-state index contributed by atoms with van der Waals surface area (Å²) in [7, 11) is 1.55. The first-order valence-corrected chi connectivity index (χ1v) is 7.43. The molecule has 0 saturated heterocycles. The standard InChI is InChI=1S/C15H24N2O4/c1-21-11-10-17(9-5-8-16)13(18)12-15(14(19)20)6-3-2-4-7-15/h2-7,9-12H2,1H3,(H,19,20). The van der Waals surface area contributed by atoms with Crippen LogP contribution in [-0.4, -0.2) is 48.7 Å². The van der Waals surface area contributed by atoms with Gasteiger partial charge in [-0.3, -0.25) is 9.59 Å². The minimum absolute atomic E-state index is 0.0253. The number of carboxylic acid groups (broad SMARTS) is 1. The number of carboxylic acids is 1. The monoisotopic (exact) mass is 296 g/mol. The number of nitriles is 1. The molecule has 118 valence electrons. The number of nitrogens with zero attached hydrogens (tertiary/aromatic N) is 2. The fraction of sp³-hybridized carbons (Fsp3) is 0.800. The van der Waals surface area contributed by atoms with E-state index in [1.54, 1.807) is 12.0 Å². The van der Waals surface area contributed by atoms with Gasteiger partial charge in [0.2, 0.25) is 5.91 Å². The minimum atomic E-state index is -0.923. The summed E-state index contributed by atoms with van der Waals surface area (Å²) in [5.74, 6) is -1.06. The summed E-state index contributed by atoms with van der Waals surface area (Å²) in [6, 6.07) is 2.01. The largest absolute Gasteiger partial charge is 0.481 e. The predicted octanol–water partition coefficient (Wildman–Crippen LogP) is 1.80. The van der Waals surface area contributed by atoms with Crippen molar-refractivity contribution in [2.45, 2.75) is 44.9 Å². The van der Waals surface area contributed by atoms with Crippen molar-refractivity contribution in [3.05, 3.63) is 0 Å². The topological polar surface area (TPSA) is 90.6 Å².